The lowest BCUT2D eigenvalue weighted by atomic mass is 9.29. The molecule has 4 fully saturated rings. The summed E-state index contributed by atoms with van der Waals surface area (Å²) in [4.78, 5) is 4.82. The first-order valence-electron chi connectivity index (χ1n) is 20.1. The van der Waals surface area contributed by atoms with E-state index in [1.54, 1.807) is 5.56 Å². The molecule has 0 aliphatic heterocycles. The van der Waals surface area contributed by atoms with Crippen LogP contribution >= 0.6 is 11.3 Å². The van der Waals surface area contributed by atoms with Gasteiger partial charge < -0.3 is 9.80 Å². The number of fused-ring (bicyclic) bond motifs is 4. The average Bonchev–Trinajstić information content (AvgIpc) is 3.90. The van der Waals surface area contributed by atoms with E-state index in [0.717, 1.165) is 34.8 Å². The predicted molar refractivity (Wildman–Crippen MR) is 232 cm³/mol. The van der Waals surface area contributed by atoms with Gasteiger partial charge in [0.1, 0.15) is 0 Å². The van der Waals surface area contributed by atoms with E-state index in [2.05, 4.69) is 186 Å². The first kappa shape index (κ1) is 31.7. The molecule has 1 aromatic heterocycles. The SMILES string of the molecule is c1ccc(-c2ccc(N(c3ccccc3)c3ccc4c(c3)sc3ccc(N(c5ccccc5)c5ccc(C67CC8CC9CC(C6)C87C9)cc5)cc34)cc2)cc1. The van der Waals surface area contributed by atoms with Crippen molar-refractivity contribution in [3.63, 3.8) is 0 Å². The highest BCUT2D eigenvalue weighted by Gasteiger charge is 2.81. The van der Waals surface area contributed by atoms with Crippen molar-refractivity contribution in [2.45, 2.75) is 37.5 Å². The van der Waals surface area contributed by atoms with Crippen LogP contribution in [0.3, 0.4) is 0 Å². The van der Waals surface area contributed by atoms with Crippen molar-refractivity contribution in [1.29, 1.82) is 0 Å². The molecule has 2 atom stereocenters. The molecular formula is C52H42N2S. The Kier molecular flexibility index (Phi) is 6.87. The molecule has 0 saturated heterocycles. The lowest BCUT2D eigenvalue weighted by Crippen LogP contribution is -2.70. The fraction of sp³-hybridized carbons (Fsp3) is 0.192. The van der Waals surface area contributed by atoms with Crippen LogP contribution < -0.4 is 9.80 Å². The van der Waals surface area contributed by atoms with Gasteiger partial charge in [-0.2, -0.15) is 0 Å². The lowest BCUT2D eigenvalue weighted by Gasteiger charge is -2.75. The molecule has 2 unspecified atom stereocenters. The van der Waals surface area contributed by atoms with Crippen molar-refractivity contribution < 1.29 is 0 Å². The van der Waals surface area contributed by atoms with E-state index in [9.17, 15) is 0 Å². The van der Waals surface area contributed by atoms with E-state index in [-0.39, 0.29) is 0 Å². The average molecular weight is 727 g/mol. The molecule has 1 heterocycles. The Labute approximate surface area is 327 Å². The monoisotopic (exact) mass is 726 g/mol. The van der Waals surface area contributed by atoms with Gasteiger partial charge in [0.15, 0.2) is 0 Å². The summed E-state index contributed by atoms with van der Waals surface area (Å²) >= 11 is 1.88. The standard InChI is InChI=1S/C52H42N2S/c1-4-10-36(11-5-1)37-16-20-43(21-17-37)54(42-14-8-3-9-15-42)46-24-26-47-48-30-45(25-27-49(48)55-50(47)31-46)53(41-12-6-2-7-13-41)44-22-18-38(19-23-44)51-33-39-28-35-29-40(34-51)52(39,51)32-35/h1-27,30-31,35,39-40H,28-29,32-34H2. The van der Waals surface area contributed by atoms with Gasteiger partial charge in [0.05, 0.1) is 0 Å². The predicted octanol–water partition coefficient (Wildman–Crippen LogP) is 14.7. The molecule has 1 spiro atoms. The Morgan fingerprint density at radius 1 is 0.418 bits per heavy atom. The van der Waals surface area contributed by atoms with Gasteiger partial charge in [-0.05, 0) is 151 Å². The van der Waals surface area contributed by atoms with Crippen LogP contribution in [0.2, 0.25) is 0 Å². The summed E-state index contributed by atoms with van der Waals surface area (Å²) < 4.78 is 2.60. The second-order valence-electron chi connectivity index (χ2n) is 16.7. The molecule has 4 aliphatic carbocycles. The van der Waals surface area contributed by atoms with E-state index >= 15 is 0 Å². The van der Waals surface area contributed by atoms with Crippen LogP contribution in [-0.4, -0.2) is 0 Å². The summed E-state index contributed by atoms with van der Waals surface area (Å²) in [5, 5.41) is 2.60. The van der Waals surface area contributed by atoms with Gasteiger partial charge in [-0.1, -0.05) is 97.1 Å². The third-order valence-electron chi connectivity index (χ3n) is 14.3. The topological polar surface area (TPSA) is 6.48 Å². The second-order valence-corrected chi connectivity index (χ2v) is 17.8. The summed E-state index contributed by atoms with van der Waals surface area (Å²) in [6, 6.07) is 65.0. The highest BCUT2D eigenvalue weighted by atomic mass is 32.1. The number of anilines is 6. The molecule has 2 nitrogen and oxygen atoms in total. The molecule has 266 valence electrons. The third-order valence-corrected chi connectivity index (χ3v) is 15.4. The van der Waals surface area contributed by atoms with E-state index in [0.29, 0.717) is 10.8 Å². The fourth-order valence-corrected chi connectivity index (χ4v) is 13.3. The maximum absolute atomic E-state index is 2.49. The van der Waals surface area contributed by atoms with Gasteiger partial charge in [-0.3, -0.25) is 0 Å². The zero-order valence-electron chi connectivity index (χ0n) is 30.8. The van der Waals surface area contributed by atoms with Crippen molar-refractivity contribution in [2.75, 3.05) is 9.80 Å². The maximum atomic E-state index is 2.49. The lowest BCUT2D eigenvalue weighted by molar-refractivity contribution is -0.205. The van der Waals surface area contributed by atoms with E-state index in [1.165, 1.54) is 80.5 Å². The van der Waals surface area contributed by atoms with Gasteiger partial charge in [0.2, 0.25) is 0 Å². The molecule has 55 heavy (non-hydrogen) atoms. The number of thiophene rings is 1. The minimum atomic E-state index is 0.457. The van der Waals surface area contributed by atoms with Crippen molar-refractivity contribution in [3.05, 3.63) is 181 Å². The minimum absolute atomic E-state index is 0.457. The molecule has 7 aromatic carbocycles. The zero-order valence-corrected chi connectivity index (χ0v) is 31.6. The number of rotatable bonds is 8. The first-order valence-corrected chi connectivity index (χ1v) is 20.9. The van der Waals surface area contributed by atoms with Crippen LogP contribution in [0.1, 0.15) is 37.7 Å². The Morgan fingerprint density at radius 2 is 0.927 bits per heavy atom. The maximum Gasteiger partial charge on any atom is 0.0476 e. The van der Waals surface area contributed by atoms with Crippen LogP contribution in [0.5, 0.6) is 0 Å². The second kappa shape index (κ2) is 11.9. The highest BCUT2D eigenvalue weighted by Crippen LogP contribution is 2.86. The van der Waals surface area contributed by atoms with Gasteiger partial charge in [0, 0.05) is 59.7 Å². The third kappa shape index (κ3) is 4.60. The number of para-hydroxylation sites is 2. The van der Waals surface area contributed by atoms with Crippen molar-refractivity contribution in [2.24, 2.45) is 23.2 Å². The van der Waals surface area contributed by atoms with Crippen LogP contribution in [0, 0.1) is 23.2 Å². The molecule has 0 radical (unpaired) electrons. The van der Waals surface area contributed by atoms with Gasteiger partial charge >= 0.3 is 0 Å². The smallest absolute Gasteiger partial charge is 0.0476 e. The van der Waals surface area contributed by atoms with Crippen LogP contribution in [-0.2, 0) is 5.41 Å². The normalized spacial score (nSPS) is 24.3. The molecule has 4 aliphatic rings. The number of hydrogen-bond acceptors (Lipinski definition) is 3. The van der Waals surface area contributed by atoms with E-state index < -0.39 is 0 Å². The van der Waals surface area contributed by atoms with Crippen molar-refractivity contribution >= 4 is 65.6 Å². The molecule has 12 rings (SSSR count). The van der Waals surface area contributed by atoms with Crippen LogP contribution in [0.15, 0.2) is 176 Å². The summed E-state index contributed by atoms with van der Waals surface area (Å²) in [6.07, 6.45) is 7.37. The Morgan fingerprint density at radius 3 is 1.55 bits per heavy atom. The number of hydrogen-bond donors (Lipinski definition) is 0. The molecule has 3 heteroatoms. The molecule has 0 amide bonds. The Balaban J connectivity index is 0.909. The largest absolute Gasteiger partial charge is 0.310 e. The van der Waals surface area contributed by atoms with Crippen LogP contribution in [0.25, 0.3) is 31.3 Å². The fourth-order valence-electron chi connectivity index (χ4n) is 12.1. The first-order chi connectivity index (χ1) is 27.2. The van der Waals surface area contributed by atoms with E-state index in [4.69, 9.17) is 0 Å². The summed E-state index contributed by atoms with van der Waals surface area (Å²) in [5.41, 5.74) is 12.2. The van der Waals surface area contributed by atoms with Crippen LogP contribution in [0.4, 0.5) is 34.1 Å². The highest BCUT2D eigenvalue weighted by molar-refractivity contribution is 7.25. The molecule has 2 bridgehead atoms. The molecule has 8 aromatic rings. The quantitative estimate of drug-likeness (QED) is 0.154. The number of benzene rings is 7. The Bertz CT molecular complexity index is 2680. The van der Waals surface area contributed by atoms with Crippen molar-refractivity contribution in [1.82, 2.24) is 0 Å². The molecular weight excluding hydrogens is 685 g/mol. The summed E-state index contributed by atoms with van der Waals surface area (Å²) in [6.45, 7) is 0. The van der Waals surface area contributed by atoms with Gasteiger partial charge in [0.25, 0.3) is 0 Å². The van der Waals surface area contributed by atoms with Crippen molar-refractivity contribution in [3.8, 4) is 11.1 Å². The molecule has 4 saturated carbocycles. The van der Waals surface area contributed by atoms with E-state index in [1.807, 2.05) is 11.3 Å². The molecule has 0 N–H and O–H groups in total. The number of nitrogens with zero attached hydrogens (tertiary/aromatic N) is 2. The summed E-state index contributed by atoms with van der Waals surface area (Å²) in [7, 11) is 0. The van der Waals surface area contributed by atoms with Gasteiger partial charge in [-0.15, -0.1) is 11.3 Å². The summed E-state index contributed by atoms with van der Waals surface area (Å²) in [5.74, 6) is 3.02. The van der Waals surface area contributed by atoms with Gasteiger partial charge in [-0.25, -0.2) is 0 Å². The zero-order chi connectivity index (χ0) is 36.1. The Hall–Kier alpha value is -5.64. The minimum Gasteiger partial charge on any atom is -0.310 e.